The van der Waals surface area contributed by atoms with Crippen LogP contribution in [0.4, 0.5) is 22.0 Å². The number of nitrogens with zero attached hydrogens (tertiary/aromatic N) is 5. The van der Waals surface area contributed by atoms with E-state index in [0.29, 0.717) is 12.8 Å². The topological polar surface area (TPSA) is 110 Å². The van der Waals surface area contributed by atoms with Gasteiger partial charge in [0.05, 0.1) is 30.5 Å². The number of aromatic nitrogens is 2. The Bertz CT molecular complexity index is 1660. The molecule has 228 valence electrons. The Morgan fingerprint density at radius 3 is 2.44 bits per heavy atom. The molecule has 43 heavy (non-hydrogen) atoms. The molecule has 2 aliphatic rings. The van der Waals surface area contributed by atoms with Crippen LogP contribution in [0.15, 0.2) is 40.7 Å². The van der Waals surface area contributed by atoms with Gasteiger partial charge in [-0.3, -0.25) is 14.0 Å². The van der Waals surface area contributed by atoms with E-state index in [2.05, 4.69) is 20.6 Å². The third-order valence-corrected chi connectivity index (χ3v) is 7.20. The van der Waals surface area contributed by atoms with Gasteiger partial charge in [0, 0.05) is 31.1 Å². The van der Waals surface area contributed by atoms with E-state index < -0.39 is 28.9 Å². The van der Waals surface area contributed by atoms with Crippen LogP contribution in [0.1, 0.15) is 56.5 Å². The second kappa shape index (κ2) is 11.3. The van der Waals surface area contributed by atoms with Gasteiger partial charge in [-0.25, -0.2) is 19.8 Å². The summed E-state index contributed by atoms with van der Waals surface area (Å²) in [6.45, 7) is 3.43. The molecule has 0 spiro atoms. The van der Waals surface area contributed by atoms with Crippen LogP contribution in [0.3, 0.4) is 0 Å². The first kappa shape index (κ1) is 29.9. The van der Waals surface area contributed by atoms with Crippen molar-refractivity contribution < 1.29 is 41.0 Å². The summed E-state index contributed by atoms with van der Waals surface area (Å²) in [4.78, 5) is 28.1. The lowest BCUT2D eigenvalue weighted by molar-refractivity contribution is -0.140. The number of ether oxygens (including phenoxy) is 2. The fourth-order valence-corrected chi connectivity index (χ4v) is 4.85. The van der Waals surface area contributed by atoms with Crippen molar-refractivity contribution in [3.8, 4) is 11.5 Å². The number of fused-ring (bicyclic) bond motifs is 1. The number of hydrogen-bond acceptors (Lipinski definition) is 7. The molecule has 0 unspecified atom stereocenters. The number of pyridine rings is 1. The van der Waals surface area contributed by atoms with Gasteiger partial charge in [-0.05, 0) is 51.0 Å². The molecule has 5 rings (SSSR count). The van der Waals surface area contributed by atoms with Gasteiger partial charge < -0.3 is 9.47 Å². The molecule has 0 atom stereocenters. The van der Waals surface area contributed by atoms with Crippen molar-refractivity contribution in [2.75, 3.05) is 20.3 Å². The first-order valence-corrected chi connectivity index (χ1v) is 13.3. The van der Waals surface area contributed by atoms with E-state index in [0.717, 1.165) is 6.20 Å². The van der Waals surface area contributed by atoms with E-state index in [1.54, 1.807) is 13.8 Å². The molecule has 4 heterocycles. The van der Waals surface area contributed by atoms with Crippen LogP contribution in [-0.2, 0) is 15.8 Å². The smallest absolute Gasteiger partial charge is 0.434 e. The number of rotatable bonds is 9. The molecule has 2 aromatic heterocycles. The Kier molecular flexibility index (Phi) is 7.84. The number of carbonyl (C=O) groups excluding carboxylic acids is 2. The highest BCUT2D eigenvalue weighted by Crippen LogP contribution is 2.36. The summed E-state index contributed by atoms with van der Waals surface area (Å²) in [7, 11) is 1.32. The number of halogens is 5. The van der Waals surface area contributed by atoms with Crippen molar-refractivity contribution in [1.29, 1.82) is 0 Å². The van der Waals surface area contributed by atoms with Crippen LogP contribution in [0, 0.1) is 17.0 Å². The second-order valence-electron chi connectivity index (χ2n) is 10.5. The highest BCUT2D eigenvalue weighted by molar-refractivity contribution is 6.18. The molecule has 1 aromatic carbocycles. The lowest BCUT2D eigenvalue weighted by atomic mass is 9.85. The van der Waals surface area contributed by atoms with Crippen LogP contribution in [0.2, 0.25) is 0 Å². The molecule has 0 radical (unpaired) electrons. The average Bonchev–Trinajstić information content (AvgIpc) is 3.51. The van der Waals surface area contributed by atoms with E-state index in [9.17, 15) is 31.5 Å². The summed E-state index contributed by atoms with van der Waals surface area (Å²) in [5.74, 6) is -3.13. The average molecular weight is 607 g/mol. The minimum absolute atomic E-state index is 0.0169. The lowest BCUT2D eigenvalue weighted by Gasteiger charge is -2.20. The number of hydrazone groups is 2. The zero-order valence-electron chi connectivity index (χ0n) is 23.4. The summed E-state index contributed by atoms with van der Waals surface area (Å²) in [6, 6.07) is 5.61. The maximum atomic E-state index is 14.6. The number of hydrogen-bond donors (Lipinski definition) is 1. The second-order valence-corrected chi connectivity index (χ2v) is 10.5. The normalized spacial score (nSPS) is 16.8. The van der Waals surface area contributed by atoms with Crippen LogP contribution in [0.25, 0.3) is 5.65 Å². The van der Waals surface area contributed by atoms with Crippen molar-refractivity contribution in [2.24, 2.45) is 15.6 Å². The van der Waals surface area contributed by atoms with Crippen molar-refractivity contribution >= 4 is 28.9 Å². The van der Waals surface area contributed by atoms with Crippen LogP contribution >= 0.6 is 0 Å². The molecule has 1 N–H and O–H groups in total. The quantitative estimate of drug-likeness (QED) is 0.281. The number of methoxy groups -OCH3 is 1. The van der Waals surface area contributed by atoms with Gasteiger partial charge in [-0.1, -0.05) is 0 Å². The first-order chi connectivity index (χ1) is 20.3. The van der Waals surface area contributed by atoms with Gasteiger partial charge in [0.15, 0.2) is 28.7 Å². The monoisotopic (exact) mass is 606 g/mol. The first-order valence-electron chi connectivity index (χ1n) is 13.3. The maximum Gasteiger partial charge on any atom is 0.434 e. The molecule has 0 bridgehead atoms. The van der Waals surface area contributed by atoms with Crippen molar-refractivity contribution in [3.05, 3.63) is 59.0 Å². The van der Waals surface area contributed by atoms with Crippen LogP contribution in [-0.4, -0.2) is 57.9 Å². The molecule has 0 aliphatic carbocycles. The number of imidazole rings is 1. The minimum Gasteiger partial charge on any atom is -0.493 e. The maximum absolute atomic E-state index is 14.6. The zero-order valence-corrected chi connectivity index (χ0v) is 23.4. The third-order valence-electron chi connectivity index (χ3n) is 7.20. The number of carbonyl (C=O) groups is 2. The number of alkyl halides is 3. The number of nitrogens with one attached hydrogen (secondary N) is 1. The molecule has 0 saturated carbocycles. The van der Waals surface area contributed by atoms with Crippen LogP contribution in [0.5, 0.6) is 11.5 Å². The van der Waals surface area contributed by atoms with E-state index in [4.69, 9.17) is 9.47 Å². The standard InChI is InChI=1S/C28H27F5N6O4/c1-27(2)24(17-8-10-19(42-3)25-34-20(14-38(17)25)28(31,32)33)37-39(26(27)41)12-4-5-13-43-18-9-6-15(22(29)23(18)30)16-7-11-21(40)36-35-16/h6,8-10,14H,4-5,7,11-13H2,1-3H3,(H,36,40). The minimum atomic E-state index is -4.69. The highest BCUT2D eigenvalue weighted by Gasteiger charge is 2.45. The van der Waals surface area contributed by atoms with E-state index in [1.807, 2.05) is 0 Å². The van der Waals surface area contributed by atoms with Crippen molar-refractivity contribution in [3.63, 3.8) is 0 Å². The Morgan fingerprint density at radius 1 is 1.02 bits per heavy atom. The van der Waals surface area contributed by atoms with E-state index >= 15 is 0 Å². The molecule has 2 amide bonds. The molecule has 0 saturated heterocycles. The summed E-state index contributed by atoms with van der Waals surface area (Å²) in [5, 5.41) is 9.48. The van der Waals surface area contributed by atoms with E-state index in [1.165, 1.54) is 40.8 Å². The predicted molar refractivity (Wildman–Crippen MR) is 144 cm³/mol. The predicted octanol–water partition coefficient (Wildman–Crippen LogP) is 4.69. The molecule has 3 aromatic rings. The molecule has 15 heteroatoms. The van der Waals surface area contributed by atoms with Gasteiger partial charge in [0.25, 0.3) is 5.91 Å². The summed E-state index contributed by atoms with van der Waals surface area (Å²) in [6.07, 6.45) is -2.80. The number of unbranched alkanes of at least 4 members (excludes halogenated alkanes) is 1. The van der Waals surface area contributed by atoms with Crippen molar-refractivity contribution in [1.82, 2.24) is 19.8 Å². The molecule has 2 aliphatic heterocycles. The Balaban J connectivity index is 1.25. The SMILES string of the molecule is COc1ccc(C2=NN(CCCCOc3ccc(C4=NNC(=O)CC4)c(F)c3F)C(=O)C2(C)C)n2cc(C(F)(F)F)nc12. The zero-order chi connectivity index (χ0) is 31.1. The Hall–Kier alpha value is -4.56. The summed E-state index contributed by atoms with van der Waals surface area (Å²) in [5.41, 5.74) is 0.585. The van der Waals surface area contributed by atoms with Gasteiger partial charge in [-0.2, -0.15) is 27.8 Å². The number of amides is 2. The molecular weight excluding hydrogens is 579 g/mol. The van der Waals surface area contributed by atoms with Gasteiger partial charge in [-0.15, -0.1) is 0 Å². The number of benzene rings is 1. The molecule has 10 nitrogen and oxygen atoms in total. The van der Waals surface area contributed by atoms with Gasteiger partial charge in [0.2, 0.25) is 11.7 Å². The Labute approximate surface area is 242 Å². The largest absolute Gasteiger partial charge is 0.493 e. The summed E-state index contributed by atoms with van der Waals surface area (Å²) >= 11 is 0. The van der Waals surface area contributed by atoms with Gasteiger partial charge >= 0.3 is 6.18 Å². The van der Waals surface area contributed by atoms with Crippen LogP contribution < -0.4 is 14.9 Å². The highest BCUT2D eigenvalue weighted by atomic mass is 19.4. The van der Waals surface area contributed by atoms with E-state index in [-0.39, 0.29) is 77.6 Å². The fourth-order valence-electron chi connectivity index (χ4n) is 4.85. The molecular formula is C28H27F5N6O4. The third kappa shape index (κ3) is 5.62. The van der Waals surface area contributed by atoms with Crippen molar-refractivity contribution in [2.45, 2.75) is 45.7 Å². The van der Waals surface area contributed by atoms with Gasteiger partial charge in [0.1, 0.15) is 5.71 Å². The fraction of sp³-hybridized carbons (Fsp3) is 0.393. The molecule has 0 fully saturated rings. The Morgan fingerprint density at radius 2 is 1.77 bits per heavy atom. The lowest BCUT2D eigenvalue weighted by Crippen LogP contribution is -2.36. The summed E-state index contributed by atoms with van der Waals surface area (Å²) < 4.78 is 81.4.